The van der Waals surface area contributed by atoms with Crippen molar-refractivity contribution in [1.82, 2.24) is 14.9 Å². The predicted octanol–water partition coefficient (Wildman–Crippen LogP) is 2.42. The monoisotopic (exact) mass is 372 g/mol. The van der Waals surface area contributed by atoms with Crippen molar-refractivity contribution in [2.24, 2.45) is 5.73 Å². The fraction of sp³-hybridized carbons (Fsp3) is 0.526. The Morgan fingerprint density at radius 3 is 2.59 bits per heavy atom. The average Bonchev–Trinajstić information content (AvgIpc) is 3.10. The number of nitrogens with two attached hydrogens (primary N) is 2. The van der Waals surface area contributed by atoms with E-state index in [1.54, 1.807) is 19.1 Å². The molecule has 0 amide bonds. The van der Waals surface area contributed by atoms with Gasteiger partial charge in [0.05, 0.1) is 12.1 Å². The maximum Gasteiger partial charge on any atom is 0.228 e. The Bertz CT molecular complexity index is 809. The highest BCUT2D eigenvalue weighted by Crippen LogP contribution is 2.29. The van der Waals surface area contributed by atoms with Crippen molar-refractivity contribution < 1.29 is 9.15 Å². The molecule has 0 aromatic carbocycles. The van der Waals surface area contributed by atoms with Crippen LogP contribution in [0.2, 0.25) is 0 Å². The molecule has 27 heavy (non-hydrogen) atoms. The zero-order chi connectivity index (χ0) is 19.6. The Morgan fingerprint density at radius 2 is 2.04 bits per heavy atom. The molecule has 3 rings (SSSR count). The normalized spacial score (nSPS) is 16.0. The topological polar surface area (TPSA) is 127 Å². The van der Waals surface area contributed by atoms with Gasteiger partial charge in [-0.15, -0.1) is 0 Å². The highest BCUT2D eigenvalue weighted by molar-refractivity contribution is 6.02. The van der Waals surface area contributed by atoms with Gasteiger partial charge in [0, 0.05) is 24.8 Å². The van der Waals surface area contributed by atoms with Crippen LogP contribution in [0.3, 0.4) is 0 Å². The number of furan rings is 1. The molecule has 0 bridgehead atoms. The fourth-order valence-corrected chi connectivity index (χ4v) is 3.28. The minimum absolute atomic E-state index is 0.0384. The molecule has 8 nitrogen and oxygen atoms in total. The number of nitrogens with zero attached hydrogens (tertiary/aromatic N) is 3. The molecule has 0 spiro atoms. The van der Waals surface area contributed by atoms with Crippen LogP contribution in [-0.2, 0) is 6.54 Å². The molecule has 5 N–H and O–H groups in total. The molecule has 8 heteroatoms. The van der Waals surface area contributed by atoms with E-state index in [-0.39, 0.29) is 17.6 Å². The zero-order valence-corrected chi connectivity index (χ0v) is 16.2. The second-order valence-electron chi connectivity index (χ2n) is 7.15. The van der Waals surface area contributed by atoms with E-state index in [2.05, 4.69) is 28.7 Å². The maximum atomic E-state index is 8.04. The van der Waals surface area contributed by atoms with Gasteiger partial charge in [-0.3, -0.25) is 0 Å². The summed E-state index contributed by atoms with van der Waals surface area (Å²) in [5.41, 5.74) is 12.4. The van der Waals surface area contributed by atoms with Crippen LogP contribution in [0, 0.1) is 5.41 Å². The Morgan fingerprint density at radius 1 is 1.33 bits per heavy atom. The quantitative estimate of drug-likeness (QED) is 0.664. The number of anilines is 1. The summed E-state index contributed by atoms with van der Waals surface area (Å²) in [7, 11) is 0. The molecular formula is C19H28N6O2. The van der Waals surface area contributed by atoms with Gasteiger partial charge in [0.25, 0.3) is 0 Å². The number of piperidine rings is 1. The molecule has 1 saturated heterocycles. The Labute approximate surface area is 159 Å². The summed E-state index contributed by atoms with van der Waals surface area (Å²) < 4.78 is 11.8. The SMILES string of the molecule is CC(=N)c1c(N)nc(-c2ccc(CN)o2)nc1OC1CCN(C(C)C)CC1. The lowest BCUT2D eigenvalue weighted by Gasteiger charge is -2.34. The first-order valence-corrected chi connectivity index (χ1v) is 9.32. The van der Waals surface area contributed by atoms with Crippen LogP contribution >= 0.6 is 0 Å². The molecule has 2 aromatic heterocycles. The lowest BCUT2D eigenvalue weighted by Crippen LogP contribution is -2.42. The summed E-state index contributed by atoms with van der Waals surface area (Å²) in [4.78, 5) is 11.3. The summed E-state index contributed by atoms with van der Waals surface area (Å²) in [6, 6.07) is 4.08. The van der Waals surface area contributed by atoms with Crippen molar-refractivity contribution in [2.75, 3.05) is 18.8 Å². The molecule has 0 unspecified atom stereocenters. The van der Waals surface area contributed by atoms with Crippen molar-refractivity contribution >= 4 is 11.5 Å². The summed E-state index contributed by atoms with van der Waals surface area (Å²) in [5.74, 6) is 2.03. The van der Waals surface area contributed by atoms with E-state index in [9.17, 15) is 0 Å². The van der Waals surface area contributed by atoms with Crippen LogP contribution < -0.4 is 16.2 Å². The number of ether oxygens (including phenoxy) is 1. The molecule has 3 heterocycles. The second kappa shape index (κ2) is 8.06. The lowest BCUT2D eigenvalue weighted by molar-refractivity contribution is 0.0811. The predicted molar refractivity (Wildman–Crippen MR) is 105 cm³/mol. The second-order valence-corrected chi connectivity index (χ2v) is 7.15. The van der Waals surface area contributed by atoms with Gasteiger partial charge in [-0.1, -0.05) is 0 Å². The van der Waals surface area contributed by atoms with E-state index in [4.69, 9.17) is 26.0 Å². The van der Waals surface area contributed by atoms with Gasteiger partial charge < -0.3 is 30.9 Å². The molecule has 0 atom stereocenters. The molecule has 2 aromatic rings. The highest BCUT2D eigenvalue weighted by Gasteiger charge is 2.25. The van der Waals surface area contributed by atoms with Crippen molar-refractivity contribution in [3.05, 3.63) is 23.5 Å². The van der Waals surface area contributed by atoms with Crippen LogP contribution in [0.4, 0.5) is 5.82 Å². The van der Waals surface area contributed by atoms with E-state index < -0.39 is 0 Å². The van der Waals surface area contributed by atoms with Gasteiger partial charge in [0.2, 0.25) is 11.7 Å². The fourth-order valence-electron chi connectivity index (χ4n) is 3.28. The standard InChI is InChI=1S/C19H28N6O2/c1-11(2)25-8-6-13(7-9-25)27-19-16(12(3)21)17(22)23-18(24-19)15-5-4-14(10-20)26-15/h4-5,11,13,21H,6-10,20H2,1-3H3,(H2,22,23,24). The van der Waals surface area contributed by atoms with Crippen molar-refractivity contribution in [1.29, 1.82) is 5.41 Å². The smallest absolute Gasteiger partial charge is 0.228 e. The Kier molecular flexibility index (Phi) is 5.76. The van der Waals surface area contributed by atoms with E-state index >= 15 is 0 Å². The highest BCUT2D eigenvalue weighted by atomic mass is 16.5. The van der Waals surface area contributed by atoms with Gasteiger partial charge in [-0.2, -0.15) is 4.98 Å². The third-order valence-electron chi connectivity index (χ3n) is 4.85. The van der Waals surface area contributed by atoms with Crippen molar-refractivity contribution in [3.63, 3.8) is 0 Å². The summed E-state index contributed by atoms with van der Waals surface area (Å²) in [6.07, 6.45) is 1.86. The van der Waals surface area contributed by atoms with E-state index in [0.717, 1.165) is 25.9 Å². The maximum absolute atomic E-state index is 8.04. The third kappa shape index (κ3) is 4.28. The largest absolute Gasteiger partial charge is 0.474 e. The number of hydrogen-bond donors (Lipinski definition) is 3. The van der Waals surface area contributed by atoms with Crippen LogP contribution in [0.1, 0.15) is 44.9 Å². The first-order chi connectivity index (χ1) is 12.9. The zero-order valence-electron chi connectivity index (χ0n) is 16.2. The van der Waals surface area contributed by atoms with E-state index in [1.807, 2.05) is 0 Å². The van der Waals surface area contributed by atoms with Gasteiger partial charge in [0.1, 0.15) is 17.7 Å². The molecule has 0 saturated carbocycles. The number of rotatable bonds is 6. The Balaban J connectivity index is 1.87. The van der Waals surface area contributed by atoms with Gasteiger partial charge >= 0.3 is 0 Å². The van der Waals surface area contributed by atoms with Gasteiger partial charge in [-0.25, -0.2) is 4.98 Å². The van der Waals surface area contributed by atoms with E-state index in [1.165, 1.54) is 0 Å². The lowest BCUT2D eigenvalue weighted by atomic mass is 10.1. The number of aromatic nitrogens is 2. The third-order valence-corrected chi connectivity index (χ3v) is 4.85. The van der Waals surface area contributed by atoms with Crippen LogP contribution in [0.15, 0.2) is 16.5 Å². The summed E-state index contributed by atoms with van der Waals surface area (Å²) in [5, 5.41) is 8.04. The number of nitrogens with one attached hydrogen (secondary N) is 1. The first kappa shape index (κ1) is 19.3. The molecular weight excluding hydrogens is 344 g/mol. The molecule has 146 valence electrons. The Hall–Kier alpha value is -2.45. The minimum atomic E-state index is 0.0384. The van der Waals surface area contributed by atoms with Crippen LogP contribution in [0.25, 0.3) is 11.6 Å². The van der Waals surface area contributed by atoms with Gasteiger partial charge in [-0.05, 0) is 45.7 Å². The number of likely N-dealkylation sites (tertiary alicyclic amines) is 1. The molecule has 0 aliphatic carbocycles. The molecule has 0 radical (unpaired) electrons. The van der Waals surface area contributed by atoms with Crippen LogP contribution in [0.5, 0.6) is 5.88 Å². The van der Waals surface area contributed by atoms with Crippen molar-refractivity contribution in [2.45, 2.75) is 52.3 Å². The summed E-state index contributed by atoms with van der Waals surface area (Å²) >= 11 is 0. The average molecular weight is 372 g/mol. The number of hydrogen-bond acceptors (Lipinski definition) is 8. The first-order valence-electron chi connectivity index (χ1n) is 9.32. The molecule has 1 fully saturated rings. The number of nitrogen functional groups attached to an aromatic ring is 1. The summed E-state index contributed by atoms with van der Waals surface area (Å²) in [6.45, 7) is 8.31. The minimum Gasteiger partial charge on any atom is -0.474 e. The van der Waals surface area contributed by atoms with E-state index in [0.29, 0.717) is 41.4 Å². The molecule has 1 aliphatic rings. The van der Waals surface area contributed by atoms with Crippen LogP contribution in [-0.4, -0.2) is 45.8 Å². The van der Waals surface area contributed by atoms with Gasteiger partial charge in [0.15, 0.2) is 5.76 Å². The molecule has 1 aliphatic heterocycles. The van der Waals surface area contributed by atoms with Crippen molar-refractivity contribution in [3.8, 4) is 17.5 Å².